The highest BCUT2D eigenvalue weighted by Crippen LogP contribution is 2.28. The van der Waals surface area contributed by atoms with Gasteiger partial charge in [0.2, 0.25) is 10.0 Å². The minimum Gasteiger partial charge on any atom is -0.355 e. The lowest BCUT2D eigenvalue weighted by Gasteiger charge is -2.11. The summed E-state index contributed by atoms with van der Waals surface area (Å²) in [5.74, 6) is -0.395. The molecule has 0 bridgehead atoms. The fraction of sp³-hybridized carbons (Fsp3) is 0.111. The number of nitriles is 1. The Kier molecular flexibility index (Phi) is 4.93. The number of carbonyl (C=O) groups is 1. The zero-order valence-corrected chi connectivity index (χ0v) is 17.0. The van der Waals surface area contributed by atoms with Crippen LogP contribution < -0.4 is 5.32 Å². The highest BCUT2D eigenvalue weighted by molar-refractivity contribution is 7.89. The van der Waals surface area contributed by atoms with Gasteiger partial charge in [-0.2, -0.15) is 5.26 Å². The summed E-state index contributed by atoms with van der Waals surface area (Å²) in [6.07, 6.45) is 0. The molecule has 0 aliphatic heterocycles. The lowest BCUT2D eigenvalue weighted by atomic mass is 10.1. The molecule has 4 rings (SSSR count). The number of hydrogen-bond acceptors (Lipinski definition) is 9. The fourth-order valence-electron chi connectivity index (χ4n) is 2.83. The summed E-state index contributed by atoms with van der Waals surface area (Å²) >= 11 is 0. The van der Waals surface area contributed by atoms with Gasteiger partial charge >= 0.3 is 0 Å². The van der Waals surface area contributed by atoms with Gasteiger partial charge in [-0.1, -0.05) is 5.16 Å². The molecule has 0 unspecified atom stereocenters. The first-order valence-corrected chi connectivity index (χ1v) is 10.2. The van der Waals surface area contributed by atoms with Crippen LogP contribution in [0.15, 0.2) is 45.8 Å². The Morgan fingerprint density at radius 1 is 1.23 bits per heavy atom. The van der Waals surface area contributed by atoms with Crippen molar-refractivity contribution in [3.05, 3.63) is 47.7 Å². The van der Waals surface area contributed by atoms with Gasteiger partial charge in [0.15, 0.2) is 17.1 Å². The summed E-state index contributed by atoms with van der Waals surface area (Å²) < 4.78 is 31.1. The van der Waals surface area contributed by atoms with E-state index in [0.29, 0.717) is 16.8 Å². The van der Waals surface area contributed by atoms with Crippen molar-refractivity contribution in [1.29, 1.82) is 5.26 Å². The summed E-state index contributed by atoms with van der Waals surface area (Å²) in [6.45, 7) is 0. The molecule has 13 heteroatoms. The number of rotatable bonds is 5. The molecule has 0 aliphatic carbocycles. The predicted octanol–water partition coefficient (Wildman–Crippen LogP) is 1.38. The van der Waals surface area contributed by atoms with Crippen molar-refractivity contribution >= 4 is 32.6 Å². The van der Waals surface area contributed by atoms with Gasteiger partial charge in [-0.3, -0.25) is 4.79 Å². The summed E-state index contributed by atoms with van der Waals surface area (Å²) in [6, 6.07) is 10.7. The van der Waals surface area contributed by atoms with E-state index >= 15 is 0 Å². The molecular weight excluding hydrogens is 424 g/mol. The molecule has 0 aliphatic rings. The smallest absolute Gasteiger partial charge is 0.278 e. The number of aromatic amines is 1. The van der Waals surface area contributed by atoms with Crippen LogP contribution in [0.1, 0.15) is 16.1 Å². The Bertz CT molecular complexity index is 1440. The zero-order chi connectivity index (χ0) is 22.2. The minimum absolute atomic E-state index is 0.00551. The van der Waals surface area contributed by atoms with Gasteiger partial charge in [0.25, 0.3) is 5.91 Å². The predicted molar refractivity (Wildman–Crippen MR) is 107 cm³/mol. The number of anilines is 1. The van der Waals surface area contributed by atoms with Crippen molar-refractivity contribution in [1.82, 2.24) is 30.1 Å². The van der Waals surface area contributed by atoms with E-state index in [1.54, 1.807) is 0 Å². The van der Waals surface area contributed by atoms with Gasteiger partial charge in [0, 0.05) is 19.7 Å². The van der Waals surface area contributed by atoms with E-state index in [1.807, 2.05) is 6.07 Å². The van der Waals surface area contributed by atoms with Crippen LogP contribution in [0, 0.1) is 11.3 Å². The summed E-state index contributed by atoms with van der Waals surface area (Å²) in [5, 5.41) is 29.3. The van der Waals surface area contributed by atoms with Crippen LogP contribution in [0.25, 0.3) is 22.4 Å². The van der Waals surface area contributed by atoms with Crippen molar-refractivity contribution < 1.29 is 17.7 Å². The van der Waals surface area contributed by atoms with Crippen molar-refractivity contribution in [3.63, 3.8) is 0 Å². The molecule has 0 saturated heterocycles. The summed E-state index contributed by atoms with van der Waals surface area (Å²) in [5.41, 5.74) is 1.20. The molecule has 2 heterocycles. The SMILES string of the molecule is CN(C)S(=O)(=O)c1ccc2onc(C(=O)Nc3ccc(C#N)cc3-c3nnn[nH]3)c2c1. The number of aromatic nitrogens is 5. The van der Waals surface area contributed by atoms with E-state index in [1.165, 1.54) is 50.5 Å². The maximum Gasteiger partial charge on any atom is 0.278 e. The maximum absolute atomic E-state index is 12.9. The molecule has 0 atom stereocenters. The van der Waals surface area contributed by atoms with Crippen LogP contribution in [0.4, 0.5) is 5.69 Å². The van der Waals surface area contributed by atoms with Crippen LogP contribution in [0.5, 0.6) is 0 Å². The Hall–Kier alpha value is -4.15. The number of nitrogens with one attached hydrogen (secondary N) is 2. The van der Waals surface area contributed by atoms with E-state index in [2.05, 4.69) is 31.1 Å². The molecule has 4 aromatic rings. The third-order valence-electron chi connectivity index (χ3n) is 4.43. The van der Waals surface area contributed by atoms with Crippen molar-refractivity contribution in [2.24, 2.45) is 0 Å². The standard InChI is InChI=1S/C18H14N8O4S/c1-26(2)31(28,29)11-4-6-15-13(8-11)16(23-30-15)18(27)20-14-5-3-10(9-19)7-12(14)17-21-24-25-22-17/h3-8H,1-2H3,(H,20,27)(H,21,22,24,25). The Morgan fingerprint density at radius 2 is 2.03 bits per heavy atom. The van der Waals surface area contributed by atoms with E-state index in [-0.39, 0.29) is 27.4 Å². The normalized spacial score (nSPS) is 11.5. The monoisotopic (exact) mass is 438 g/mol. The van der Waals surface area contributed by atoms with Crippen molar-refractivity contribution in [2.45, 2.75) is 4.90 Å². The van der Waals surface area contributed by atoms with Gasteiger partial charge in [0.05, 0.1) is 27.6 Å². The lowest BCUT2D eigenvalue weighted by molar-refractivity contribution is 0.102. The molecule has 0 saturated carbocycles. The molecule has 156 valence electrons. The van der Waals surface area contributed by atoms with E-state index in [0.717, 1.165) is 4.31 Å². The van der Waals surface area contributed by atoms with Crippen LogP contribution in [-0.2, 0) is 10.0 Å². The number of nitrogens with zero attached hydrogens (tertiary/aromatic N) is 6. The van der Waals surface area contributed by atoms with E-state index in [9.17, 15) is 13.2 Å². The van der Waals surface area contributed by atoms with Gasteiger partial charge in [-0.15, -0.1) is 5.10 Å². The van der Waals surface area contributed by atoms with Gasteiger partial charge < -0.3 is 9.84 Å². The van der Waals surface area contributed by atoms with Crippen LogP contribution >= 0.6 is 0 Å². The molecule has 31 heavy (non-hydrogen) atoms. The second-order valence-corrected chi connectivity index (χ2v) is 8.70. The second-order valence-electron chi connectivity index (χ2n) is 6.55. The fourth-order valence-corrected chi connectivity index (χ4v) is 3.75. The van der Waals surface area contributed by atoms with E-state index < -0.39 is 15.9 Å². The maximum atomic E-state index is 12.9. The second kappa shape index (κ2) is 7.59. The lowest BCUT2D eigenvalue weighted by Crippen LogP contribution is -2.22. The first-order valence-electron chi connectivity index (χ1n) is 8.73. The summed E-state index contributed by atoms with van der Waals surface area (Å²) in [7, 11) is -0.900. The number of carbonyl (C=O) groups excluding carboxylic acids is 1. The van der Waals surface area contributed by atoms with Gasteiger partial charge in [-0.25, -0.2) is 17.8 Å². The first kappa shape index (κ1) is 20.1. The average Bonchev–Trinajstić information content (AvgIpc) is 3.43. The van der Waals surface area contributed by atoms with Crippen molar-refractivity contribution in [3.8, 4) is 17.5 Å². The highest BCUT2D eigenvalue weighted by atomic mass is 32.2. The summed E-state index contributed by atoms with van der Waals surface area (Å²) in [4.78, 5) is 12.9. The molecule has 0 radical (unpaired) electrons. The zero-order valence-electron chi connectivity index (χ0n) is 16.2. The molecule has 0 spiro atoms. The van der Waals surface area contributed by atoms with E-state index in [4.69, 9.17) is 9.78 Å². The molecule has 2 N–H and O–H groups in total. The number of fused-ring (bicyclic) bond motifs is 1. The third-order valence-corrected chi connectivity index (χ3v) is 6.24. The van der Waals surface area contributed by atoms with Gasteiger partial charge in [0.1, 0.15) is 0 Å². The van der Waals surface area contributed by atoms with Crippen molar-refractivity contribution in [2.75, 3.05) is 19.4 Å². The average molecular weight is 438 g/mol. The van der Waals surface area contributed by atoms with Crippen LogP contribution in [0.3, 0.4) is 0 Å². The Labute approximate surface area is 175 Å². The number of amides is 1. The number of H-pyrrole nitrogens is 1. The topological polar surface area (TPSA) is 171 Å². The number of sulfonamides is 1. The molecular formula is C18H14N8O4S. The molecule has 0 fully saturated rings. The number of benzene rings is 2. The molecule has 2 aromatic carbocycles. The van der Waals surface area contributed by atoms with Crippen LogP contribution in [-0.4, -0.2) is 58.5 Å². The number of tetrazole rings is 1. The van der Waals surface area contributed by atoms with Gasteiger partial charge in [-0.05, 0) is 46.8 Å². The molecule has 2 aromatic heterocycles. The Morgan fingerprint density at radius 3 is 2.71 bits per heavy atom. The third kappa shape index (κ3) is 3.61. The number of hydrogen-bond donors (Lipinski definition) is 2. The molecule has 1 amide bonds. The highest BCUT2D eigenvalue weighted by Gasteiger charge is 2.23. The van der Waals surface area contributed by atoms with Crippen LogP contribution in [0.2, 0.25) is 0 Å². The Balaban J connectivity index is 1.74. The first-order chi connectivity index (χ1) is 14.8. The molecule has 12 nitrogen and oxygen atoms in total. The minimum atomic E-state index is -3.72. The quantitative estimate of drug-likeness (QED) is 0.467. The largest absolute Gasteiger partial charge is 0.355 e.